The van der Waals surface area contributed by atoms with E-state index in [2.05, 4.69) is 0 Å². The summed E-state index contributed by atoms with van der Waals surface area (Å²) in [6, 6.07) is 4.78. The molecule has 0 bridgehead atoms. The Bertz CT molecular complexity index is 936. The van der Waals surface area contributed by atoms with Crippen molar-refractivity contribution in [2.24, 2.45) is 5.92 Å². The molecule has 1 aliphatic carbocycles. The number of nitrogens with zero attached hydrogens (tertiary/aromatic N) is 1. The molecule has 1 unspecified atom stereocenters. The quantitative estimate of drug-likeness (QED) is 0.640. The Labute approximate surface area is 170 Å². The number of likely N-dealkylation sites (tertiary alicyclic amines) is 1. The zero-order valence-corrected chi connectivity index (χ0v) is 15.9. The van der Waals surface area contributed by atoms with Crippen LogP contribution in [0, 0.1) is 29.2 Å². The Balaban J connectivity index is 1.37. The number of fused-ring (bicyclic) bond motifs is 1. The zero-order chi connectivity index (χ0) is 21.6. The molecule has 0 aromatic heterocycles. The van der Waals surface area contributed by atoms with Crippen molar-refractivity contribution in [2.45, 2.75) is 30.7 Å². The molecule has 1 saturated heterocycles. The number of aromatic hydroxyl groups is 1. The lowest BCUT2D eigenvalue weighted by Gasteiger charge is -2.25. The number of phenolic OH excluding ortho intramolecular Hbond substituents is 1. The summed E-state index contributed by atoms with van der Waals surface area (Å²) in [5.74, 6) is -5.19. The molecule has 0 spiro atoms. The number of aliphatic hydroxyl groups is 2. The summed E-state index contributed by atoms with van der Waals surface area (Å²) in [5.41, 5.74) is -1.12. The largest absolute Gasteiger partial charge is 0.503 e. The monoisotopic (exact) mass is 427 g/mol. The summed E-state index contributed by atoms with van der Waals surface area (Å²) in [4.78, 5) is 1.78. The molecule has 4 atom stereocenters. The van der Waals surface area contributed by atoms with Crippen molar-refractivity contribution in [1.82, 2.24) is 4.90 Å². The predicted octanol–water partition coefficient (Wildman–Crippen LogP) is 2.89. The third-order valence-electron chi connectivity index (χ3n) is 5.91. The maximum Gasteiger partial charge on any atom is 0.187 e. The molecule has 2 aromatic rings. The van der Waals surface area contributed by atoms with Gasteiger partial charge in [0.15, 0.2) is 29.0 Å². The summed E-state index contributed by atoms with van der Waals surface area (Å²) in [7, 11) is 0. The number of hydrogen-bond donors (Lipinski definition) is 3. The van der Waals surface area contributed by atoms with Crippen LogP contribution in [0.15, 0.2) is 30.3 Å². The first-order chi connectivity index (χ1) is 14.1. The van der Waals surface area contributed by atoms with Gasteiger partial charge in [-0.2, -0.15) is 0 Å². The van der Waals surface area contributed by atoms with Crippen LogP contribution in [0.1, 0.15) is 24.5 Å². The minimum Gasteiger partial charge on any atom is -0.503 e. The van der Waals surface area contributed by atoms with E-state index in [-0.39, 0.29) is 36.7 Å². The number of benzene rings is 2. The molecule has 5 nitrogen and oxygen atoms in total. The van der Waals surface area contributed by atoms with Gasteiger partial charge in [-0.05, 0) is 36.2 Å². The van der Waals surface area contributed by atoms with Crippen LogP contribution in [0.5, 0.6) is 11.5 Å². The standard InChI is InChI=1S/C21H21F4NO4/c22-13-1-2-19(15(23)6-13)30-14-5-12-8-26(10-21(12,29)7-14)9-18(27)11-3-16(24)20(28)17(25)4-11/h1-4,6,12,14,18,27-29H,5,7-10H2/t12-,14+,18?,21-/m0/s1. The van der Waals surface area contributed by atoms with Gasteiger partial charge in [0.05, 0.1) is 11.7 Å². The predicted molar refractivity (Wildman–Crippen MR) is 97.9 cm³/mol. The van der Waals surface area contributed by atoms with E-state index in [1.165, 1.54) is 6.07 Å². The molecule has 2 aromatic carbocycles. The number of ether oxygens (including phenoxy) is 1. The molecule has 162 valence electrons. The normalized spacial score (nSPS) is 27.3. The smallest absolute Gasteiger partial charge is 0.187 e. The Morgan fingerprint density at radius 1 is 1.10 bits per heavy atom. The molecule has 1 saturated carbocycles. The molecular weight excluding hydrogens is 406 g/mol. The molecule has 1 heterocycles. The van der Waals surface area contributed by atoms with E-state index in [0.717, 1.165) is 24.3 Å². The summed E-state index contributed by atoms with van der Waals surface area (Å²) in [6.45, 7) is 0.673. The third-order valence-corrected chi connectivity index (χ3v) is 5.91. The van der Waals surface area contributed by atoms with Gasteiger partial charge in [-0.25, -0.2) is 17.6 Å². The minimum absolute atomic E-state index is 0.0140. The van der Waals surface area contributed by atoms with Crippen LogP contribution in [-0.2, 0) is 0 Å². The highest BCUT2D eigenvalue weighted by atomic mass is 19.1. The highest BCUT2D eigenvalue weighted by molar-refractivity contribution is 5.31. The van der Waals surface area contributed by atoms with E-state index < -0.39 is 46.8 Å². The van der Waals surface area contributed by atoms with Gasteiger partial charge in [0.1, 0.15) is 11.9 Å². The SMILES string of the molecule is Oc1c(F)cc(C(O)CN2C[C@@H]3C[C@@H](Oc4ccc(F)cc4F)C[C@]3(O)C2)cc1F. The third kappa shape index (κ3) is 3.97. The summed E-state index contributed by atoms with van der Waals surface area (Å²) >= 11 is 0. The second-order valence-corrected chi connectivity index (χ2v) is 8.10. The van der Waals surface area contributed by atoms with Gasteiger partial charge >= 0.3 is 0 Å². The molecule has 1 aliphatic heterocycles. The van der Waals surface area contributed by atoms with Gasteiger partial charge in [-0.15, -0.1) is 0 Å². The topological polar surface area (TPSA) is 73.2 Å². The molecule has 9 heteroatoms. The van der Waals surface area contributed by atoms with E-state index in [4.69, 9.17) is 4.74 Å². The van der Waals surface area contributed by atoms with Crippen molar-refractivity contribution in [2.75, 3.05) is 19.6 Å². The van der Waals surface area contributed by atoms with Crippen molar-refractivity contribution in [3.8, 4) is 11.5 Å². The summed E-state index contributed by atoms with van der Waals surface area (Å²) in [5, 5.41) is 30.5. The fraction of sp³-hybridized carbons (Fsp3) is 0.429. The fourth-order valence-electron chi connectivity index (χ4n) is 4.49. The van der Waals surface area contributed by atoms with Crippen molar-refractivity contribution in [3.05, 3.63) is 59.2 Å². The lowest BCUT2D eigenvalue weighted by molar-refractivity contribution is 0.0175. The van der Waals surface area contributed by atoms with E-state index in [1.807, 2.05) is 0 Å². The molecule has 3 N–H and O–H groups in total. The second kappa shape index (κ2) is 7.72. The fourth-order valence-corrected chi connectivity index (χ4v) is 4.49. The maximum atomic E-state index is 13.8. The van der Waals surface area contributed by atoms with Gasteiger partial charge in [0.2, 0.25) is 0 Å². The van der Waals surface area contributed by atoms with Crippen LogP contribution in [0.4, 0.5) is 17.6 Å². The van der Waals surface area contributed by atoms with Crippen LogP contribution in [0.25, 0.3) is 0 Å². The van der Waals surface area contributed by atoms with Crippen LogP contribution < -0.4 is 4.74 Å². The molecule has 0 amide bonds. The van der Waals surface area contributed by atoms with Gasteiger partial charge in [0, 0.05) is 38.0 Å². The zero-order valence-electron chi connectivity index (χ0n) is 15.9. The molecule has 0 radical (unpaired) electrons. The lowest BCUT2D eigenvalue weighted by Crippen LogP contribution is -2.36. The molecule has 30 heavy (non-hydrogen) atoms. The highest BCUT2D eigenvalue weighted by Crippen LogP contribution is 2.43. The van der Waals surface area contributed by atoms with Crippen molar-refractivity contribution >= 4 is 0 Å². The number of phenols is 1. The van der Waals surface area contributed by atoms with E-state index in [0.29, 0.717) is 13.0 Å². The first-order valence-corrected chi connectivity index (χ1v) is 9.57. The Hall–Kier alpha value is -2.36. The maximum absolute atomic E-state index is 13.8. The molecular formula is C21H21F4NO4. The Morgan fingerprint density at radius 2 is 1.80 bits per heavy atom. The number of halogens is 4. The number of aliphatic hydroxyl groups excluding tert-OH is 1. The van der Waals surface area contributed by atoms with Gasteiger partial charge in [0.25, 0.3) is 0 Å². The number of rotatable bonds is 5. The number of β-amino-alcohol motifs (C(OH)–C–C–N with tert-alkyl or cyclic N) is 2. The van der Waals surface area contributed by atoms with Gasteiger partial charge in [-0.3, -0.25) is 4.90 Å². The molecule has 4 rings (SSSR count). The minimum atomic E-state index is -1.21. The average molecular weight is 427 g/mol. The van der Waals surface area contributed by atoms with Crippen molar-refractivity contribution in [3.63, 3.8) is 0 Å². The summed E-state index contributed by atoms with van der Waals surface area (Å²) < 4.78 is 59.5. The number of hydrogen-bond acceptors (Lipinski definition) is 5. The lowest BCUT2D eigenvalue weighted by atomic mass is 9.95. The van der Waals surface area contributed by atoms with E-state index in [9.17, 15) is 32.9 Å². The van der Waals surface area contributed by atoms with E-state index in [1.54, 1.807) is 4.90 Å². The van der Waals surface area contributed by atoms with Crippen molar-refractivity contribution in [1.29, 1.82) is 0 Å². The summed E-state index contributed by atoms with van der Waals surface area (Å²) in [6.07, 6.45) is -0.962. The van der Waals surface area contributed by atoms with Gasteiger partial charge in [-0.1, -0.05) is 0 Å². The Kier molecular flexibility index (Phi) is 5.37. The van der Waals surface area contributed by atoms with Crippen LogP contribution in [0.3, 0.4) is 0 Å². The van der Waals surface area contributed by atoms with Crippen LogP contribution in [-0.4, -0.2) is 51.6 Å². The first kappa shape index (κ1) is 20.9. The van der Waals surface area contributed by atoms with Crippen LogP contribution in [0.2, 0.25) is 0 Å². The van der Waals surface area contributed by atoms with E-state index >= 15 is 0 Å². The molecule has 2 fully saturated rings. The van der Waals surface area contributed by atoms with Gasteiger partial charge < -0.3 is 20.1 Å². The molecule has 2 aliphatic rings. The first-order valence-electron chi connectivity index (χ1n) is 9.57. The van der Waals surface area contributed by atoms with Crippen LogP contribution >= 0.6 is 0 Å². The highest BCUT2D eigenvalue weighted by Gasteiger charge is 2.53. The average Bonchev–Trinajstić information content (AvgIpc) is 3.11. The second-order valence-electron chi connectivity index (χ2n) is 8.10. The van der Waals surface area contributed by atoms with Crippen molar-refractivity contribution < 1.29 is 37.6 Å². The Morgan fingerprint density at radius 3 is 2.43 bits per heavy atom.